The maximum atomic E-state index is 12.7. The van der Waals surface area contributed by atoms with E-state index in [0.717, 1.165) is 36.8 Å². The van der Waals surface area contributed by atoms with Crippen molar-refractivity contribution in [1.82, 2.24) is 10.2 Å². The Hall–Kier alpha value is -3.14. The molecule has 152 valence electrons. The van der Waals surface area contributed by atoms with E-state index in [-0.39, 0.29) is 24.7 Å². The summed E-state index contributed by atoms with van der Waals surface area (Å²) in [6.45, 7) is 0.347. The molecule has 0 aromatic heterocycles. The molecule has 1 fully saturated rings. The lowest BCUT2D eigenvalue weighted by molar-refractivity contribution is -0.138. The van der Waals surface area contributed by atoms with Crippen LogP contribution in [-0.2, 0) is 20.9 Å². The number of carboxylic acid groups (broad SMARTS) is 1. The van der Waals surface area contributed by atoms with Gasteiger partial charge in [0.25, 0.3) is 5.91 Å². The fourth-order valence-corrected chi connectivity index (χ4v) is 3.66. The van der Waals surface area contributed by atoms with E-state index in [1.165, 1.54) is 4.90 Å². The number of amides is 3. The quantitative estimate of drug-likeness (QED) is 0.418. The Kier molecular flexibility index (Phi) is 6.65. The van der Waals surface area contributed by atoms with Crippen molar-refractivity contribution >= 4 is 23.7 Å². The molecule has 7 heteroatoms. The number of carbonyl (C=O) groups excluding carboxylic acids is 3. The number of carboxylic acids is 1. The molecule has 1 unspecified atom stereocenters. The molecule has 2 aliphatic heterocycles. The molecular formula is C22H24N2O5. The maximum Gasteiger partial charge on any atom is 0.303 e. The second-order valence-electron chi connectivity index (χ2n) is 7.38. The van der Waals surface area contributed by atoms with Crippen LogP contribution in [0.15, 0.2) is 18.2 Å². The van der Waals surface area contributed by atoms with Crippen molar-refractivity contribution < 1.29 is 24.3 Å². The summed E-state index contributed by atoms with van der Waals surface area (Å²) >= 11 is 0. The molecule has 7 nitrogen and oxygen atoms in total. The summed E-state index contributed by atoms with van der Waals surface area (Å²) in [4.78, 5) is 48.0. The zero-order chi connectivity index (χ0) is 20.8. The summed E-state index contributed by atoms with van der Waals surface area (Å²) in [5, 5.41) is 10.9. The van der Waals surface area contributed by atoms with Gasteiger partial charge in [-0.2, -0.15) is 0 Å². The third kappa shape index (κ3) is 5.23. The fraction of sp³-hybridized carbons (Fsp3) is 0.455. The molecule has 3 rings (SSSR count). The van der Waals surface area contributed by atoms with Gasteiger partial charge >= 0.3 is 5.97 Å². The van der Waals surface area contributed by atoms with Crippen molar-refractivity contribution in [1.29, 1.82) is 0 Å². The van der Waals surface area contributed by atoms with Gasteiger partial charge in [0.1, 0.15) is 6.04 Å². The number of hydrogen-bond donors (Lipinski definition) is 2. The van der Waals surface area contributed by atoms with E-state index in [0.29, 0.717) is 24.9 Å². The highest BCUT2D eigenvalue weighted by Gasteiger charge is 2.38. The van der Waals surface area contributed by atoms with Gasteiger partial charge in [-0.15, -0.1) is 0 Å². The number of carbonyl (C=O) groups is 4. The number of unbranched alkanes of at least 4 members (excludes halogenated alkanes) is 4. The van der Waals surface area contributed by atoms with Crippen LogP contribution in [0.25, 0.3) is 0 Å². The molecule has 0 saturated carbocycles. The van der Waals surface area contributed by atoms with Gasteiger partial charge in [0.05, 0.1) is 0 Å². The number of nitrogens with zero attached hydrogens (tertiary/aromatic N) is 1. The lowest BCUT2D eigenvalue weighted by Gasteiger charge is -2.29. The first-order valence-corrected chi connectivity index (χ1v) is 9.94. The highest BCUT2D eigenvalue weighted by molar-refractivity contribution is 6.05. The van der Waals surface area contributed by atoms with Crippen LogP contribution < -0.4 is 5.32 Å². The second kappa shape index (κ2) is 9.37. The van der Waals surface area contributed by atoms with Crippen molar-refractivity contribution in [2.45, 2.75) is 64.0 Å². The van der Waals surface area contributed by atoms with Crippen LogP contribution in [0.5, 0.6) is 0 Å². The first kappa shape index (κ1) is 20.6. The molecule has 1 aromatic rings. The summed E-state index contributed by atoms with van der Waals surface area (Å²) in [6.07, 6.45) is 5.03. The van der Waals surface area contributed by atoms with Gasteiger partial charge in [-0.05, 0) is 43.0 Å². The molecule has 2 heterocycles. The molecule has 1 atom stereocenters. The SMILES string of the molecule is O=C(O)CCCCCCC#Cc1ccc2c(c1)CN(C1CCC(=O)NC1=O)C2=O. The van der Waals surface area contributed by atoms with Crippen LogP contribution in [-0.4, -0.2) is 39.7 Å². The Bertz CT molecular complexity index is 896. The van der Waals surface area contributed by atoms with E-state index in [1.54, 1.807) is 6.07 Å². The van der Waals surface area contributed by atoms with E-state index >= 15 is 0 Å². The van der Waals surface area contributed by atoms with Crippen LogP contribution in [0, 0.1) is 11.8 Å². The van der Waals surface area contributed by atoms with Crippen LogP contribution in [0.3, 0.4) is 0 Å². The number of benzene rings is 1. The molecule has 1 saturated heterocycles. The predicted octanol–water partition coefficient (Wildman–Crippen LogP) is 2.22. The summed E-state index contributed by atoms with van der Waals surface area (Å²) in [5.41, 5.74) is 2.26. The minimum Gasteiger partial charge on any atom is -0.481 e. The topological polar surface area (TPSA) is 104 Å². The standard InChI is InChI=1S/C22H24N2O5/c25-19-12-11-18(21(28)23-19)24-14-16-13-15(9-10-17(16)22(24)29)7-5-3-1-2-4-6-8-20(26)27/h9-10,13,18H,1-4,6,8,11-12,14H2,(H,26,27)(H,23,25,28). The molecule has 2 aliphatic rings. The fourth-order valence-electron chi connectivity index (χ4n) is 3.66. The number of piperidine rings is 1. The Morgan fingerprint density at radius 2 is 1.97 bits per heavy atom. The van der Waals surface area contributed by atoms with Crippen molar-refractivity contribution in [3.05, 3.63) is 34.9 Å². The number of aliphatic carboxylic acids is 1. The monoisotopic (exact) mass is 396 g/mol. The number of imide groups is 1. The lowest BCUT2D eigenvalue weighted by atomic mass is 10.0. The average molecular weight is 396 g/mol. The third-order valence-corrected chi connectivity index (χ3v) is 5.20. The van der Waals surface area contributed by atoms with Crippen molar-refractivity contribution in [2.75, 3.05) is 0 Å². The number of rotatable bonds is 7. The van der Waals surface area contributed by atoms with Crippen LogP contribution in [0.1, 0.15) is 72.9 Å². The van der Waals surface area contributed by atoms with Gasteiger partial charge in [0.15, 0.2) is 0 Å². The average Bonchev–Trinajstić information content (AvgIpc) is 2.99. The van der Waals surface area contributed by atoms with E-state index in [1.807, 2.05) is 12.1 Å². The Labute approximate surface area is 169 Å². The molecular weight excluding hydrogens is 372 g/mol. The van der Waals surface area contributed by atoms with Gasteiger partial charge in [-0.3, -0.25) is 24.5 Å². The van der Waals surface area contributed by atoms with Crippen LogP contribution in [0.2, 0.25) is 0 Å². The smallest absolute Gasteiger partial charge is 0.303 e. The molecule has 3 amide bonds. The summed E-state index contributed by atoms with van der Waals surface area (Å²) in [5.74, 6) is 4.59. The summed E-state index contributed by atoms with van der Waals surface area (Å²) in [6, 6.07) is 4.84. The van der Waals surface area contributed by atoms with E-state index < -0.39 is 17.9 Å². The minimum absolute atomic E-state index is 0.185. The van der Waals surface area contributed by atoms with Gasteiger partial charge < -0.3 is 10.0 Å². The second-order valence-corrected chi connectivity index (χ2v) is 7.38. The Morgan fingerprint density at radius 3 is 2.72 bits per heavy atom. The molecule has 0 bridgehead atoms. The van der Waals surface area contributed by atoms with E-state index in [4.69, 9.17) is 5.11 Å². The summed E-state index contributed by atoms with van der Waals surface area (Å²) in [7, 11) is 0. The highest BCUT2D eigenvalue weighted by Crippen LogP contribution is 2.28. The third-order valence-electron chi connectivity index (χ3n) is 5.20. The van der Waals surface area contributed by atoms with Gasteiger partial charge in [0, 0.05) is 36.9 Å². The van der Waals surface area contributed by atoms with Crippen molar-refractivity contribution in [3.8, 4) is 11.8 Å². The number of fused-ring (bicyclic) bond motifs is 1. The maximum absolute atomic E-state index is 12.7. The van der Waals surface area contributed by atoms with Crippen LogP contribution in [0.4, 0.5) is 0 Å². The number of nitrogens with one attached hydrogen (secondary N) is 1. The normalized spacial score (nSPS) is 18.1. The minimum atomic E-state index is -0.754. The molecule has 29 heavy (non-hydrogen) atoms. The van der Waals surface area contributed by atoms with Crippen molar-refractivity contribution in [2.24, 2.45) is 0 Å². The lowest BCUT2D eigenvalue weighted by Crippen LogP contribution is -2.52. The van der Waals surface area contributed by atoms with E-state index in [9.17, 15) is 19.2 Å². The predicted molar refractivity (Wildman–Crippen MR) is 105 cm³/mol. The summed E-state index contributed by atoms with van der Waals surface area (Å²) < 4.78 is 0. The van der Waals surface area contributed by atoms with E-state index in [2.05, 4.69) is 17.2 Å². The molecule has 1 aromatic carbocycles. The zero-order valence-corrected chi connectivity index (χ0v) is 16.2. The number of hydrogen-bond acceptors (Lipinski definition) is 4. The van der Waals surface area contributed by atoms with Gasteiger partial charge in [-0.25, -0.2) is 0 Å². The Balaban J connectivity index is 1.53. The Morgan fingerprint density at radius 1 is 1.17 bits per heavy atom. The molecule has 0 radical (unpaired) electrons. The van der Waals surface area contributed by atoms with Crippen molar-refractivity contribution in [3.63, 3.8) is 0 Å². The first-order chi connectivity index (χ1) is 14.0. The largest absolute Gasteiger partial charge is 0.481 e. The van der Waals surface area contributed by atoms with Gasteiger partial charge in [0.2, 0.25) is 11.8 Å². The zero-order valence-electron chi connectivity index (χ0n) is 16.2. The highest BCUT2D eigenvalue weighted by atomic mass is 16.4. The van der Waals surface area contributed by atoms with Crippen LogP contribution >= 0.6 is 0 Å². The molecule has 0 spiro atoms. The molecule has 2 N–H and O–H groups in total. The van der Waals surface area contributed by atoms with Gasteiger partial charge in [-0.1, -0.05) is 24.7 Å². The first-order valence-electron chi connectivity index (χ1n) is 9.94. The molecule has 0 aliphatic carbocycles.